The van der Waals surface area contributed by atoms with Crippen LogP contribution >= 0.6 is 8.25 Å². The van der Waals surface area contributed by atoms with Gasteiger partial charge in [-0.05, 0) is 18.8 Å². The molecular weight excluding hydrogens is 225 g/mol. The topological polar surface area (TPSA) is 47.6 Å². The van der Waals surface area contributed by atoms with Gasteiger partial charge >= 0.3 is 8.25 Å². The van der Waals surface area contributed by atoms with Gasteiger partial charge in [0.1, 0.15) is 0 Å². The van der Waals surface area contributed by atoms with E-state index < -0.39 is 8.25 Å². The third kappa shape index (κ3) is 9.34. The summed E-state index contributed by atoms with van der Waals surface area (Å²) in [7, 11) is -2.34. The van der Waals surface area contributed by atoms with Gasteiger partial charge in [0.25, 0.3) is 0 Å². The fraction of sp³-hybridized carbons (Fsp3) is 1.00. The summed E-state index contributed by atoms with van der Waals surface area (Å²) >= 11 is 0. The van der Waals surface area contributed by atoms with Crippen molar-refractivity contribution in [2.24, 2.45) is 5.92 Å². The van der Waals surface area contributed by atoms with Crippen LogP contribution < -0.4 is 5.48 Å². The van der Waals surface area contributed by atoms with Gasteiger partial charge in [0, 0.05) is 6.54 Å². The van der Waals surface area contributed by atoms with Crippen molar-refractivity contribution in [1.29, 1.82) is 0 Å². The fourth-order valence-electron chi connectivity index (χ4n) is 1.38. The first kappa shape index (κ1) is 16.1. The molecule has 0 aromatic carbocycles. The van der Waals surface area contributed by atoms with Crippen LogP contribution in [-0.2, 0) is 13.7 Å². The van der Waals surface area contributed by atoms with Gasteiger partial charge in [0.05, 0.1) is 6.61 Å². The van der Waals surface area contributed by atoms with Gasteiger partial charge in [0.15, 0.2) is 0 Å². The lowest BCUT2D eigenvalue weighted by atomic mass is 10.00. The molecule has 0 bridgehead atoms. The number of hydrogen-bond acceptors (Lipinski definition) is 4. The monoisotopic (exact) mass is 251 g/mol. The molecule has 5 heteroatoms. The molecule has 1 N–H and O–H groups in total. The van der Waals surface area contributed by atoms with Crippen LogP contribution in [0.15, 0.2) is 0 Å². The van der Waals surface area contributed by atoms with Crippen molar-refractivity contribution >= 4 is 8.25 Å². The van der Waals surface area contributed by atoms with Gasteiger partial charge in [-0.25, -0.2) is 4.62 Å². The SMILES string of the molecule is CCCCC(CC)CNO[PH](=O)OCCC. The Kier molecular flexibility index (Phi) is 11.7. The predicted octanol–water partition coefficient (Wildman–Crippen LogP) is 3.54. The van der Waals surface area contributed by atoms with E-state index in [0.717, 1.165) is 19.4 Å². The zero-order chi connectivity index (χ0) is 12.2. The van der Waals surface area contributed by atoms with Crippen LogP contribution in [0.1, 0.15) is 52.9 Å². The maximum absolute atomic E-state index is 11.2. The molecule has 16 heavy (non-hydrogen) atoms. The molecule has 0 fully saturated rings. The predicted molar refractivity (Wildman–Crippen MR) is 67.6 cm³/mol. The van der Waals surface area contributed by atoms with Crippen molar-refractivity contribution in [2.45, 2.75) is 52.9 Å². The Hall–Kier alpha value is 0.110. The summed E-state index contributed by atoms with van der Waals surface area (Å²) in [6.07, 6.45) is 5.62. The van der Waals surface area contributed by atoms with E-state index in [0.29, 0.717) is 12.5 Å². The lowest BCUT2D eigenvalue weighted by Gasteiger charge is -2.14. The van der Waals surface area contributed by atoms with Gasteiger partial charge in [-0.1, -0.05) is 40.0 Å². The minimum atomic E-state index is -2.34. The maximum Gasteiger partial charge on any atom is 0.335 e. The number of nitrogens with one attached hydrogen (secondary N) is 1. The van der Waals surface area contributed by atoms with Gasteiger partial charge < -0.3 is 4.52 Å². The first-order chi connectivity index (χ1) is 7.74. The zero-order valence-corrected chi connectivity index (χ0v) is 11.8. The Morgan fingerprint density at radius 3 is 2.56 bits per heavy atom. The molecule has 0 aliphatic rings. The van der Waals surface area contributed by atoms with Gasteiger partial charge in [-0.3, -0.25) is 4.57 Å². The fourth-order valence-corrected chi connectivity index (χ4v) is 2.01. The van der Waals surface area contributed by atoms with E-state index in [-0.39, 0.29) is 0 Å². The molecule has 0 aliphatic heterocycles. The largest absolute Gasteiger partial charge is 0.335 e. The quantitative estimate of drug-likeness (QED) is 0.450. The minimum absolute atomic E-state index is 0.493. The van der Waals surface area contributed by atoms with E-state index in [1.807, 2.05) is 6.92 Å². The molecule has 0 spiro atoms. The highest BCUT2D eigenvalue weighted by Crippen LogP contribution is 2.22. The van der Waals surface area contributed by atoms with Crippen molar-refractivity contribution in [3.63, 3.8) is 0 Å². The number of hydroxylamine groups is 1. The molecule has 98 valence electrons. The summed E-state index contributed by atoms with van der Waals surface area (Å²) in [5, 5.41) is 0. The first-order valence-electron chi connectivity index (χ1n) is 6.30. The van der Waals surface area contributed by atoms with E-state index >= 15 is 0 Å². The highest BCUT2D eigenvalue weighted by atomic mass is 31.1. The molecule has 0 heterocycles. The van der Waals surface area contributed by atoms with Gasteiger partial charge in [0.2, 0.25) is 0 Å². The molecule has 2 atom stereocenters. The van der Waals surface area contributed by atoms with Crippen LogP contribution in [-0.4, -0.2) is 13.2 Å². The molecule has 0 radical (unpaired) electrons. The molecule has 0 rings (SSSR count). The highest BCUT2D eigenvalue weighted by molar-refractivity contribution is 7.33. The van der Waals surface area contributed by atoms with Crippen LogP contribution in [0.3, 0.4) is 0 Å². The molecular formula is C11H26NO3P. The Labute approximate surface area is 100.0 Å². The normalized spacial score (nSPS) is 14.9. The van der Waals surface area contributed by atoms with Gasteiger partial charge in [-0.15, -0.1) is 0 Å². The second kappa shape index (κ2) is 11.6. The summed E-state index contributed by atoms with van der Waals surface area (Å²) in [4.78, 5) is 0. The Balaban J connectivity index is 3.49. The smallest absolute Gasteiger partial charge is 0.310 e. The van der Waals surface area contributed by atoms with Crippen LogP contribution in [0.25, 0.3) is 0 Å². The Morgan fingerprint density at radius 2 is 2.00 bits per heavy atom. The second-order valence-corrected chi connectivity index (χ2v) is 4.96. The number of unbranched alkanes of at least 4 members (excludes halogenated alkanes) is 1. The molecule has 0 aromatic rings. The van der Waals surface area contributed by atoms with E-state index in [4.69, 9.17) is 9.15 Å². The molecule has 2 unspecified atom stereocenters. The van der Waals surface area contributed by atoms with E-state index in [1.54, 1.807) is 0 Å². The standard InChI is InChI=1S/C11H26NO3P/c1-4-7-8-11(6-3)10-12-15-16(13)14-9-5-2/h11-12,16H,4-10H2,1-3H3. The lowest BCUT2D eigenvalue weighted by molar-refractivity contribution is 0.141. The third-order valence-corrected chi connectivity index (χ3v) is 3.25. The lowest BCUT2D eigenvalue weighted by Crippen LogP contribution is -2.20. The average molecular weight is 251 g/mol. The summed E-state index contributed by atoms with van der Waals surface area (Å²) in [5.41, 5.74) is 2.76. The summed E-state index contributed by atoms with van der Waals surface area (Å²) < 4.78 is 21.0. The van der Waals surface area contributed by atoms with E-state index in [2.05, 4.69) is 19.3 Å². The molecule has 0 aromatic heterocycles. The number of rotatable bonds is 11. The average Bonchev–Trinajstić information content (AvgIpc) is 2.30. The van der Waals surface area contributed by atoms with Crippen molar-refractivity contribution in [3.8, 4) is 0 Å². The molecule has 0 amide bonds. The maximum atomic E-state index is 11.2. The Bertz CT molecular complexity index is 179. The van der Waals surface area contributed by atoms with Crippen LogP contribution in [0.5, 0.6) is 0 Å². The molecule has 4 nitrogen and oxygen atoms in total. The van der Waals surface area contributed by atoms with E-state index in [9.17, 15) is 4.57 Å². The van der Waals surface area contributed by atoms with E-state index in [1.165, 1.54) is 19.3 Å². The highest BCUT2D eigenvalue weighted by Gasteiger charge is 2.06. The van der Waals surface area contributed by atoms with Crippen molar-refractivity contribution in [3.05, 3.63) is 0 Å². The van der Waals surface area contributed by atoms with Gasteiger partial charge in [-0.2, -0.15) is 5.48 Å². The number of hydrogen-bond donors (Lipinski definition) is 1. The molecule has 0 saturated carbocycles. The third-order valence-electron chi connectivity index (χ3n) is 2.49. The zero-order valence-electron chi connectivity index (χ0n) is 10.8. The summed E-state index contributed by atoms with van der Waals surface area (Å²) in [6.45, 7) is 7.57. The molecule has 0 saturated heterocycles. The Morgan fingerprint density at radius 1 is 1.25 bits per heavy atom. The van der Waals surface area contributed by atoms with Crippen LogP contribution in [0, 0.1) is 5.92 Å². The minimum Gasteiger partial charge on any atom is -0.310 e. The first-order valence-corrected chi connectivity index (χ1v) is 7.53. The van der Waals surface area contributed by atoms with Crippen molar-refractivity contribution in [2.75, 3.05) is 13.2 Å². The van der Waals surface area contributed by atoms with Crippen LogP contribution in [0.2, 0.25) is 0 Å². The summed E-state index contributed by atoms with van der Waals surface area (Å²) in [5.74, 6) is 0.598. The van der Waals surface area contributed by atoms with Crippen molar-refractivity contribution < 1.29 is 13.7 Å². The van der Waals surface area contributed by atoms with Crippen LogP contribution in [0.4, 0.5) is 0 Å². The summed E-state index contributed by atoms with van der Waals surface area (Å²) in [6, 6.07) is 0. The van der Waals surface area contributed by atoms with Crippen molar-refractivity contribution in [1.82, 2.24) is 5.48 Å². The second-order valence-electron chi connectivity index (χ2n) is 3.97. The molecule has 0 aliphatic carbocycles.